The Hall–Kier alpha value is -2.82. The smallest absolute Gasteiger partial charge is 0.197 e. The molecule has 5 nitrogen and oxygen atoms in total. The zero-order valence-corrected chi connectivity index (χ0v) is 10.1. The standard InChI is InChI=1S/C14H12N4O/c15-8-3-4-10(12(16)6-8)13(19)11-7-18-14-9(11)2-1-5-17-14/h1-7H,15-16H2,(H,17,18). The van der Waals surface area contributed by atoms with E-state index in [0.29, 0.717) is 28.1 Å². The van der Waals surface area contributed by atoms with Crippen molar-refractivity contribution in [1.29, 1.82) is 0 Å². The number of nitrogens with zero attached hydrogens (tertiary/aromatic N) is 1. The lowest BCUT2D eigenvalue weighted by atomic mass is 10.0. The molecule has 94 valence electrons. The molecular formula is C14H12N4O. The Kier molecular flexibility index (Phi) is 2.45. The summed E-state index contributed by atoms with van der Waals surface area (Å²) in [5.74, 6) is -0.142. The molecule has 0 saturated carbocycles. The molecular weight excluding hydrogens is 240 g/mol. The molecule has 0 atom stereocenters. The van der Waals surface area contributed by atoms with Crippen LogP contribution in [0.25, 0.3) is 11.0 Å². The molecule has 0 fully saturated rings. The summed E-state index contributed by atoms with van der Waals surface area (Å²) < 4.78 is 0. The van der Waals surface area contributed by atoms with E-state index in [-0.39, 0.29) is 5.78 Å². The minimum absolute atomic E-state index is 0.142. The van der Waals surface area contributed by atoms with Crippen LogP contribution in [0.5, 0.6) is 0 Å². The minimum atomic E-state index is -0.142. The number of aromatic nitrogens is 2. The number of carbonyl (C=O) groups excluding carboxylic acids is 1. The van der Waals surface area contributed by atoms with Gasteiger partial charge in [-0.2, -0.15) is 0 Å². The summed E-state index contributed by atoms with van der Waals surface area (Å²) in [6, 6.07) is 8.53. The molecule has 2 heterocycles. The molecule has 3 aromatic rings. The number of nitrogens with two attached hydrogens (primary N) is 2. The second-order valence-electron chi connectivity index (χ2n) is 4.28. The van der Waals surface area contributed by atoms with Gasteiger partial charge in [-0.15, -0.1) is 0 Å². The first-order chi connectivity index (χ1) is 9.16. The molecule has 0 aliphatic rings. The van der Waals surface area contributed by atoms with Crippen molar-refractivity contribution in [1.82, 2.24) is 9.97 Å². The van der Waals surface area contributed by atoms with E-state index in [4.69, 9.17) is 11.5 Å². The van der Waals surface area contributed by atoms with E-state index in [1.165, 1.54) is 0 Å². The number of hydrogen-bond acceptors (Lipinski definition) is 4. The van der Waals surface area contributed by atoms with Gasteiger partial charge >= 0.3 is 0 Å². The number of nitrogen functional groups attached to an aromatic ring is 2. The summed E-state index contributed by atoms with van der Waals surface area (Å²) in [7, 11) is 0. The molecule has 0 aliphatic heterocycles. The lowest BCUT2D eigenvalue weighted by Crippen LogP contribution is -2.05. The van der Waals surface area contributed by atoms with Crippen molar-refractivity contribution in [3.05, 3.63) is 53.9 Å². The number of hydrogen-bond donors (Lipinski definition) is 3. The highest BCUT2D eigenvalue weighted by Crippen LogP contribution is 2.23. The summed E-state index contributed by atoms with van der Waals surface area (Å²) in [6.45, 7) is 0. The van der Waals surface area contributed by atoms with Crippen molar-refractivity contribution in [2.75, 3.05) is 11.5 Å². The van der Waals surface area contributed by atoms with E-state index in [2.05, 4.69) is 9.97 Å². The van der Waals surface area contributed by atoms with Gasteiger partial charge < -0.3 is 16.5 Å². The van der Waals surface area contributed by atoms with Gasteiger partial charge in [0.25, 0.3) is 0 Å². The van der Waals surface area contributed by atoms with Gasteiger partial charge in [0, 0.05) is 40.3 Å². The quantitative estimate of drug-likeness (QED) is 0.479. The summed E-state index contributed by atoms with van der Waals surface area (Å²) in [5.41, 5.74) is 14.1. The number of fused-ring (bicyclic) bond motifs is 1. The Morgan fingerprint density at radius 2 is 2.00 bits per heavy atom. The van der Waals surface area contributed by atoms with Crippen LogP contribution in [-0.2, 0) is 0 Å². The molecule has 0 radical (unpaired) electrons. The van der Waals surface area contributed by atoms with Crippen LogP contribution in [0.3, 0.4) is 0 Å². The molecule has 5 heteroatoms. The number of pyridine rings is 1. The fourth-order valence-corrected chi connectivity index (χ4v) is 2.08. The van der Waals surface area contributed by atoms with Crippen LogP contribution >= 0.6 is 0 Å². The number of aromatic amines is 1. The number of anilines is 2. The summed E-state index contributed by atoms with van der Waals surface area (Å²) in [4.78, 5) is 19.6. The third-order valence-corrected chi connectivity index (χ3v) is 3.02. The first-order valence-electron chi connectivity index (χ1n) is 5.78. The Balaban J connectivity index is 2.13. The molecule has 0 amide bonds. The third-order valence-electron chi connectivity index (χ3n) is 3.02. The van der Waals surface area contributed by atoms with Gasteiger partial charge in [-0.25, -0.2) is 4.98 Å². The molecule has 0 saturated heterocycles. The molecule has 1 aromatic carbocycles. The predicted octanol–water partition coefficient (Wildman–Crippen LogP) is 1.96. The summed E-state index contributed by atoms with van der Waals surface area (Å²) in [6.07, 6.45) is 3.32. The van der Waals surface area contributed by atoms with Gasteiger partial charge in [-0.1, -0.05) is 0 Å². The maximum absolute atomic E-state index is 12.5. The molecule has 2 aromatic heterocycles. The summed E-state index contributed by atoms with van der Waals surface area (Å²) >= 11 is 0. The van der Waals surface area contributed by atoms with Crippen molar-refractivity contribution in [2.45, 2.75) is 0 Å². The second kappa shape index (κ2) is 4.13. The molecule has 0 spiro atoms. The topological polar surface area (TPSA) is 97.8 Å². The number of benzene rings is 1. The zero-order chi connectivity index (χ0) is 13.4. The van der Waals surface area contributed by atoms with Gasteiger partial charge in [0.1, 0.15) is 5.65 Å². The average molecular weight is 252 g/mol. The van der Waals surface area contributed by atoms with Crippen molar-refractivity contribution in [2.24, 2.45) is 0 Å². The molecule has 3 rings (SSSR count). The molecule has 5 N–H and O–H groups in total. The van der Waals surface area contributed by atoms with Crippen molar-refractivity contribution in [3.8, 4) is 0 Å². The third kappa shape index (κ3) is 1.81. The molecule has 0 unspecified atom stereocenters. The highest BCUT2D eigenvalue weighted by atomic mass is 16.1. The van der Waals surface area contributed by atoms with E-state index in [9.17, 15) is 4.79 Å². The van der Waals surface area contributed by atoms with Crippen molar-refractivity contribution in [3.63, 3.8) is 0 Å². The Morgan fingerprint density at radius 3 is 2.79 bits per heavy atom. The van der Waals surface area contributed by atoms with Crippen LogP contribution in [0.1, 0.15) is 15.9 Å². The Labute approximate surface area is 109 Å². The van der Waals surface area contributed by atoms with Crippen LogP contribution in [0.2, 0.25) is 0 Å². The SMILES string of the molecule is Nc1ccc(C(=O)c2c[nH]c3ncccc23)c(N)c1. The van der Waals surface area contributed by atoms with Crippen LogP contribution in [0.15, 0.2) is 42.7 Å². The number of nitrogens with one attached hydrogen (secondary N) is 1. The van der Waals surface area contributed by atoms with E-state index in [1.54, 1.807) is 36.7 Å². The maximum atomic E-state index is 12.5. The van der Waals surface area contributed by atoms with Crippen LogP contribution in [-0.4, -0.2) is 15.8 Å². The first kappa shape index (κ1) is 11.3. The van der Waals surface area contributed by atoms with Crippen molar-refractivity contribution < 1.29 is 4.79 Å². The van der Waals surface area contributed by atoms with Crippen LogP contribution in [0, 0.1) is 0 Å². The number of ketones is 1. The maximum Gasteiger partial charge on any atom is 0.197 e. The van der Waals surface area contributed by atoms with E-state index < -0.39 is 0 Å². The lowest BCUT2D eigenvalue weighted by molar-refractivity contribution is 0.104. The minimum Gasteiger partial charge on any atom is -0.399 e. The highest BCUT2D eigenvalue weighted by Gasteiger charge is 2.16. The fraction of sp³-hybridized carbons (Fsp3) is 0. The number of carbonyl (C=O) groups is 1. The molecule has 0 bridgehead atoms. The van der Waals surface area contributed by atoms with Gasteiger partial charge in [0.05, 0.1) is 0 Å². The van der Waals surface area contributed by atoms with Gasteiger partial charge in [-0.3, -0.25) is 4.79 Å². The monoisotopic (exact) mass is 252 g/mol. The van der Waals surface area contributed by atoms with Gasteiger partial charge in [0.2, 0.25) is 0 Å². The average Bonchev–Trinajstić information content (AvgIpc) is 2.82. The fourth-order valence-electron chi connectivity index (χ4n) is 2.08. The normalized spacial score (nSPS) is 10.7. The Bertz CT molecular complexity index is 776. The van der Waals surface area contributed by atoms with Crippen LogP contribution in [0.4, 0.5) is 11.4 Å². The highest BCUT2D eigenvalue weighted by molar-refractivity contribution is 6.18. The number of H-pyrrole nitrogens is 1. The predicted molar refractivity (Wildman–Crippen MR) is 74.8 cm³/mol. The van der Waals surface area contributed by atoms with Crippen molar-refractivity contribution >= 4 is 28.2 Å². The van der Waals surface area contributed by atoms with Crippen LogP contribution < -0.4 is 11.5 Å². The van der Waals surface area contributed by atoms with E-state index >= 15 is 0 Å². The lowest BCUT2D eigenvalue weighted by Gasteiger charge is -2.04. The Morgan fingerprint density at radius 1 is 1.16 bits per heavy atom. The largest absolute Gasteiger partial charge is 0.399 e. The number of rotatable bonds is 2. The first-order valence-corrected chi connectivity index (χ1v) is 5.78. The van der Waals surface area contributed by atoms with E-state index in [0.717, 1.165) is 5.39 Å². The zero-order valence-electron chi connectivity index (χ0n) is 10.1. The molecule has 19 heavy (non-hydrogen) atoms. The second-order valence-corrected chi connectivity index (χ2v) is 4.28. The van der Waals surface area contributed by atoms with Gasteiger partial charge in [-0.05, 0) is 30.3 Å². The van der Waals surface area contributed by atoms with E-state index in [1.807, 2.05) is 6.07 Å². The van der Waals surface area contributed by atoms with Gasteiger partial charge in [0.15, 0.2) is 5.78 Å². The molecule has 0 aliphatic carbocycles. The summed E-state index contributed by atoms with van der Waals surface area (Å²) in [5, 5.41) is 0.781.